The Balaban J connectivity index is 1.12. The minimum Gasteiger partial charge on any atom is -0.379 e. The van der Waals surface area contributed by atoms with E-state index < -0.39 is 5.82 Å². The summed E-state index contributed by atoms with van der Waals surface area (Å²) in [5.74, 6) is -0.796. The lowest BCUT2D eigenvalue weighted by molar-refractivity contribution is -0.115. The van der Waals surface area contributed by atoms with E-state index in [0.29, 0.717) is 22.3 Å². The number of hydrogen-bond donors (Lipinski definition) is 1. The quantitative estimate of drug-likeness (QED) is 0.236. The molecule has 0 saturated carbocycles. The Hall–Kier alpha value is -4.06. The average molecular weight is 614 g/mol. The first kappa shape index (κ1) is 30.0. The third-order valence-corrected chi connectivity index (χ3v) is 9.12. The van der Waals surface area contributed by atoms with Gasteiger partial charge in [-0.2, -0.15) is 0 Å². The van der Waals surface area contributed by atoms with Crippen LogP contribution in [0.1, 0.15) is 44.0 Å². The molecular formula is C33H36FN7O2S. The molecule has 1 aliphatic rings. The van der Waals surface area contributed by atoms with Gasteiger partial charge in [-0.25, -0.2) is 9.37 Å². The summed E-state index contributed by atoms with van der Waals surface area (Å²) in [5, 5.41) is 12.2. The Morgan fingerprint density at radius 1 is 1.02 bits per heavy atom. The summed E-state index contributed by atoms with van der Waals surface area (Å²) in [6, 6.07) is 13.5. The first-order chi connectivity index (χ1) is 21.1. The number of ether oxygens (including phenoxy) is 1. The van der Waals surface area contributed by atoms with Crippen molar-refractivity contribution >= 4 is 28.0 Å². The third kappa shape index (κ3) is 6.69. The average Bonchev–Trinajstić information content (AvgIpc) is 3.66. The predicted molar refractivity (Wildman–Crippen MR) is 170 cm³/mol. The van der Waals surface area contributed by atoms with Crippen molar-refractivity contribution in [2.45, 2.75) is 52.0 Å². The lowest BCUT2D eigenvalue weighted by Crippen LogP contribution is -2.43. The molecule has 228 valence electrons. The van der Waals surface area contributed by atoms with E-state index >= 15 is 4.39 Å². The van der Waals surface area contributed by atoms with Gasteiger partial charge in [0.15, 0.2) is 0 Å². The second-order valence-electron chi connectivity index (χ2n) is 12.2. The molecule has 0 bridgehead atoms. The molecule has 1 unspecified atom stereocenters. The van der Waals surface area contributed by atoms with Gasteiger partial charge in [-0.3, -0.25) is 19.1 Å². The monoisotopic (exact) mass is 613 g/mol. The zero-order valence-electron chi connectivity index (χ0n) is 25.4. The fourth-order valence-electron chi connectivity index (χ4n) is 5.30. The highest BCUT2D eigenvalue weighted by atomic mass is 32.1. The Morgan fingerprint density at radius 3 is 2.52 bits per heavy atom. The van der Waals surface area contributed by atoms with Crippen LogP contribution >= 0.6 is 11.3 Å². The number of hydrogen-bond acceptors (Lipinski definition) is 8. The number of imidazole rings is 1. The number of rotatable bonds is 8. The van der Waals surface area contributed by atoms with Gasteiger partial charge in [-0.1, -0.05) is 50.3 Å². The van der Waals surface area contributed by atoms with E-state index in [-0.39, 0.29) is 17.7 Å². The summed E-state index contributed by atoms with van der Waals surface area (Å²) in [7, 11) is 0. The molecule has 5 aromatic rings. The van der Waals surface area contributed by atoms with Crippen molar-refractivity contribution in [3.8, 4) is 22.4 Å². The van der Waals surface area contributed by atoms with Crippen LogP contribution in [0.15, 0.2) is 61.1 Å². The van der Waals surface area contributed by atoms with Gasteiger partial charge in [-0.15, -0.1) is 10.2 Å². The highest BCUT2D eigenvalue weighted by Gasteiger charge is 2.21. The molecular weight excluding hydrogens is 577 g/mol. The second-order valence-corrected chi connectivity index (χ2v) is 13.2. The fraction of sp³-hybridized carbons (Fsp3) is 0.364. The highest BCUT2D eigenvalue weighted by molar-refractivity contribution is 7.15. The molecule has 0 radical (unpaired) electrons. The van der Waals surface area contributed by atoms with Gasteiger partial charge in [0.2, 0.25) is 11.0 Å². The number of pyridine rings is 2. The van der Waals surface area contributed by atoms with Crippen molar-refractivity contribution in [2.24, 2.45) is 0 Å². The molecule has 1 amide bonds. The maximum Gasteiger partial charge on any atom is 0.230 e. The number of halogens is 1. The number of carbonyl (C=O) groups excluding carboxylic acids is 1. The van der Waals surface area contributed by atoms with Crippen molar-refractivity contribution in [2.75, 3.05) is 31.6 Å². The number of anilines is 1. The van der Waals surface area contributed by atoms with Crippen molar-refractivity contribution in [3.63, 3.8) is 0 Å². The van der Waals surface area contributed by atoms with Gasteiger partial charge in [-0.05, 0) is 42.3 Å². The number of carbonyl (C=O) groups is 1. The largest absolute Gasteiger partial charge is 0.379 e. The molecule has 4 aromatic heterocycles. The fourth-order valence-corrected chi connectivity index (χ4v) is 6.12. The molecule has 9 nitrogen and oxygen atoms in total. The number of nitrogens with one attached hydrogen (secondary N) is 1. The van der Waals surface area contributed by atoms with E-state index in [0.717, 1.165) is 65.9 Å². The normalized spacial score (nSPS) is 15.0. The summed E-state index contributed by atoms with van der Waals surface area (Å²) in [5.41, 5.74) is 5.41. The number of fused-ring (bicyclic) bond motifs is 1. The maximum absolute atomic E-state index is 15.2. The van der Waals surface area contributed by atoms with Crippen LogP contribution in [0.2, 0.25) is 0 Å². The van der Waals surface area contributed by atoms with E-state index in [1.807, 2.05) is 55.8 Å². The van der Waals surface area contributed by atoms with E-state index in [2.05, 4.69) is 44.5 Å². The van der Waals surface area contributed by atoms with E-state index in [4.69, 9.17) is 9.72 Å². The predicted octanol–water partition coefficient (Wildman–Crippen LogP) is 5.80. The summed E-state index contributed by atoms with van der Waals surface area (Å²) >= 11 is 1.33. The second kappa shape index (κ2) is 12.5. The van der Waals surface area contributed by atoms with Crippen LogP contribution in [0.4, 0.5) is 9.52 Å². The molecule has 6 rings (SSSR count). The third-order valence-electron chi connectivity index (χ3n) is 7.86. The van der Waals surface area contributed by atoms with Gasteiger partial charge < -0.3 is 10.1 Å². The van der Waals surface area contributed by atoms with Gasteiger partial charge in [0.25, 0.3) is 0 Å². The van der Waals surface area contributed by atoms with Crippen LogP contribution in [-0.4, -0.2) is 67.7 Å². The Kier molecular flexibility index (Phi) is 8.53. The van der Waals surface area contributed by atoms with E-state index in [1.165, 1.54) is 17.4 Å². The first-order valence-electron chi connectivity index (χ1n) is 14.8. The molecule has 1 aromatic carbocycles. The topological polar surface area (TPSA) is 97.5 Å². The van der Waals surface area contributed by atoms with Gasteiger partial charge in [0.1, 0.15) is 16.5 Å². The lowest BCUT2D eigenvalue weighted by atomic mass is 9.98. The van der Waals surface area contributed by atoms with Crippen molar-refractivity contribution in [3.05, 3.63) is 83.1 Å². The number of amides is 1. The number of nitrogens with zero attached hydrogens (tertiary/aromatic N) is 6. The molecule has 1 aliphatic heterocycles. The summed E-state index contributed by atoms with van der Waals surface area (Å²) < 4.78 is 22.6. The number of morpholine rings is 1. The van der Waals surface area contributed by atoms with Crippen LogP contribution in [0, 0.1) is 5.82 Å². The van der Waals surface area contributed by atoms with Crippen molar-refractivity contribution in [1.82, 2.24) is 29.5 Å². The van der Waals surface area contributed by atoms with Gasteiger partial charge in [0.05, 0.1) is 31.5 Å². The highest BCUT2D eigenvalue weighted by Crippen LogP contribution is 2.29. The Bertz CT molecular complexity index is 1770. The van der Waals surface area contributed by atoms with Crippen LogP contribution in [0.3, 0.4) is 0 Å². The standard InChI is InChI=1S/C33H36FN7O2S/c1-21(40-11-13-43-14-12-40)15-26-8-7-25(19-35-26)22-9-10-41-28(20-36-29(41)17-22)24-6-5-23(27(34)16-24)18-30(42)37-32-39-38-31(44-32)33(2,3)4/h5-10,16-17,19-21H,11-15,18H2,1-4H3,(H,37,39,42). The minimum absolute atomic E-state index is 0.105. The molecule has 44 heavy (non-hydrogen) atoms. The maximum atomic E-state index is 15.2. The first-order valence-corrected chi connectivity index (χ1v) is 15.6. The van der Waals surface area contributed by atoms with Crippen LogP contribution in [0.25, 0.3) is 28.0 Å². The van der Waals surface area contributed by atoms with E-state index in [1.54, 1.807) is 12.3 Å². The lowest BCUT2D eigenvalue weighted by Gasteiger charge is -2.32. The summed E-state index contributed by atoms with van der Waals surface area (Å²) in [6.07, 6.45) is 6.37. The number of aromatic nitrogens is 5. The molecule has 5 heterocycles. The zero-order valence-corrected chi connectivity index (χ0v) is 26.2. The molecule has 11 heteroatoms. The minimum atomic E-state index is -0.453. The van der Waals surface area contributed by atoms with E-state index in [9.17, 15) is 4.79 Å². The molecule has 0 aliphatic carbocycles. The number of benzene rings is 1. The van der Waals surface area contributed by atoms with Gasteiger partial charge >= 0.3 is 0 Å². The Morgan fingerprint density at radius 2 is 1.82 bits per heavy atom. The molecule has 1 atom stereocenters. The summed E-state index contributed by atoms with van der Waals surface area (Å²) in [4.78, 5) is 24.4. The molecule has 1 fully saturated rings. The molecule has 0 spiro atoms. The van der Waals surface area contributed by atoms with Crippen molar-refractivity contribution in [1.29, 1.82) is 0 Å². The SMILES string of the molecule is CC(Cc1ccc(-c2ccn3c(-c4ccc(CC(=O)Nc5nnc(C(C)(C)C)s5)c(F)c4)cnc3c2)cn1)N1CCOCC1. The van der Waals surface area contributed by atoms with Crippen LogP contribution < -0.4 is 5.32 Å². The summed E-state index contributed by atoms with van der Waals surface area (Å²) in [6.45, 7) is 11.8. The van der Waals surface area contributed by atoms with Crippen LogP contribution in [0.5, 0.6) is 0 Å². The smallest absolute Gasteiger partial charge is 0.230 e. The van der Waals surface area contributed by atoms with Crippen molar-refractivity contribution < 1.29 is 13.9 Å². The van der Waals surface area contributed by atoms with Crippen LogP contribution in [-0.2, 0) is 27.8 Å². The molecule has 1 N–H and O–H groups in total. The molecule has 1 saturated heterocycles. The van der Waals surface area contributed by atoms with Gasteiger partial charge in [0, 0.05) is 60.2 Å². The Labute approximate surface area is 260 Å². The zero-order chi connectivity index (χ0) is 30.8.